The van der Waals surface area contributed by atoms with Crippen molar-refractivity contribution >= 4 is 43.8 Å². The summed E-state index contributed by atoms with van der Waals surface area (Å²) in [7, 11) is 0. The number of para-hydroxylation sites is 1. The first kappa shape index (κ1) is 16.5. The van der Waals surface area contributed by atoms with Gasteiger partial charge in [-0.2, -0.15) is 9.78 Å². The summed E-state index contributed by atoms with van der Waals surface area (Å²) in [6, 6.07) is 16.4. The number of phenolic OH excluding ortho intramolecular Hbond substituents is 1. The minimum absolute atomic E-state index is 0.118. The van der Waals surface area contributed by atoms with Crippen LogP contribution in [0.3, 0.4) is 0 Å². The van der Waals surface area contributed by atoms with Gasteiger partial charge in [-0.25, -0.2) is 4.98 Å². The number of rotatable bonds is 2. The van der Waals surface area contributed by atoms with E-state index in [4.69, 9.17) is 0 Å². The Morgan fingerprint density at radius 1 is 1.08 bits per heavy atom. The highest BCUT2D eigenvalue weighted by Crippen LogP contribution is 2.33. The Labute approximate surface area is 157 Å². The van der Waals surface area contributed by atoms with Crippen LogP contribution in [0.4, 0.5) is 0 Å². The van der Waals surface area contributed by atoms with Gasteiger partial charge in [-0.05, 0) is 30.5 Å². The van der Waals surface area contributed by atoms with Crippen LogP contribution in [-0.4, -0.2) is 21.0 Å². The molecule has 0 bridgehead atoms. The van der Waals surface area contributed by atoms with Crippen LogP contribution < -0.4 is 5.56 Å². The number of halogens is 1. The van der Waals surface area contributed by atoms with E-state index in [0.717, 1.165) is 9.86 Å². The van der Waals surface area contributed by atoms with Gasteiger partial charge in [-0.1, -0.05) is 52.3 Å². The number of benzene rings is 3. The second-order valence-electron chi connectivity index (χ2n) is 5.88. The Kier molecular flexibility index (Phi) is 4.05. The van der Waals surface area contributed by atoms with E-state index in [0.29, 0.717) is 27.7 Å². The molecule has 0 unspecified atom stereocenters. The van der Waals surface area contributed by atoms with Crippen LogP contribution in [0, 0.1) is 6.92 Å². The van der Waals surface area contributed by atoms with Gasteiger partial charge in [0.05, 0.1) is 17.1 Å². The van der Waals surface area contributed by atoms with Crippen molar-refractivity contribution in [1.29, 1.82) is 0 Å². The Balaban J connectivity index is 1.87. The highest BCUT2D eigenvalue weighted by Gasteiger charge is 2.10. The van der Waals surface area contributed by atoms with Crippen molar-refractivity contribution in [3.63, 3.8) is 0 Å². The molecule has 0 aliphatic rings. The molecular formula is C20H14BrN3O2. The predicted molar refractivity (Wildman–Crippen MR) is 107 cm³/mol. The zero-order chi connectivity index (χ0) is 18.3. The van der Waals surface area contributed by atoms with Crippen LogP contribution >= 0.6 is 15.9 Å². The number of aryl methyl sites for hydroxylation is 1. The third-order valence-electron chi connectivity index (χ3n) is 4.22. The molecule has 1 N–H and O–H groups in total. The molecule has 6 heteroatoms. The lowest BCUT2D eigenvalue weighted by Crippen LogP contribution is -2.20. The number of aromatic nitrogens is 2. The summed E-state index contributed by atoms with van der Waals surface area (Å²) in [6.07, 6.45) is 1.47. The highest BCUT2D eigenvalue weighted by atomic mass is 79.9. The van der Waals surface area contributed by atoms with E-state index in [-0.39, 0.29) is 11.3 Å². The zero-order valence-corrected chi connectivity index (χ0v) is 15.4. The number of nitrogens with zero attached hydrogens (tertiary/aromatic N) is 3. The predicted octanol–water partition coefficient (Wildman–Crippen LogP) is 4.21. The summed E-state index contributed by atoms with van der Waals surface area (Å²) >= 11 is 3.52. The average Bonchev–Trinajstić information content (AvgIpc) is 2.65. The molecule has 0 spiro atoms. The average molecular weight is 408 g/mol. The summed E-state index contributed by atoms with van der Waals surface area (Å²) in [5, 5.41) is 16.9. The van der Waals surface area contributed by atoms with Crippen LogP contribution in [0.15, 0.2) is 69.0 Å². The van der Waals surface area contributed by atoms with Crippen molar-refractivity contribution < 1.29 is 5.11 Å². The summed E-state index contributed by atoms with van der Waals surface area (Å²) in [5.41, 5.74) is 0.900. The van der Waals surface area contributed by atoms with Crippen LogP contribution in [0.5, 0.6) is 5.75 Å². The molecule has 1 aromatic heterocycles. The molecule has 0 saturated carbocycles. The van der Waals surface area contributed by atoms with Crippen LogP contribution in [-0.2, 0) is 0 Å². The number of hydrogen-bond donors (Lipinski definition) is 1. The Morgan fingerprint density at radius 3 is 2.50 bits per heavy atom. The molecular weight excluding hydrogens is 394 g/mol. The van der Waals surface area contributed by atoms with Crippen molar-refractivity contribution in [3.05, 3.63) is 80.8 Å². The van der Waals surface area contributed by atoms with Gasteiger partial charge in [-0.15, -0.1) is 0 Å². The maximum atomic E-state index is 12.7. The van der Waals surface area contributed by atoms with Gasteiger partial charge < -0.3 is 5.11 Å². The topological polar surface area (TPSA) is 67.5 Å². The van der Waals surface area contributed by atoms with Crippen molar-refractivity contribution in [1.82, 2.24) is 9.66 Å². The van der Waals surface area contributed by atoms with E-state index in [9.17, 15) is 9.90 Å². The monoisotopic (exact) mass is 407 g/mol. The van der Waals surface area contributed by atoms with Crippen molar-refractivity contribution in [2.45, 2.75) is 6.92 Å². The standard InChI is InChI=1S/C20H14BrN3O2/c1-12-23-18-9-5-4-8-16(18)20(26)24(12)22-11-13-10-17(21)14-6-2-3-7-15(14)19(13)25/h2-11,25H,1H3/b22-11-. The second kappa shape index (κ2) is 6.38. The van der Waals surface area contributed by atoms with Crippen LogP contribution in [0.25, 0.3) is 21.7 Å². The fraction of sp³-hybridized carbons (Fsp3) is 0.0500. The second-order valence-corrected chi connectivity index (χ2v) is 6.73. The third kappa shape index (κ3) is 2.68. The fourth-order valence-electron chi connectivity index (χ4n) is 2.93. The summed E-state index contributed by atoms with van der Waals surface area (Å²) < 4.78 is 2.08. The maximum absolute atomic E-state index is 12.7. The summed E-state index contributed by atoms with van der Waals surface area (Å²) in [4.78, 5) is 17.1. The minimum atomic E-state index is -0.247. The Hall–Kier alpha value is -2.99. The summed E-state index contributed by atoms with van der Waals surface area (Å²) in [6.45, 7) is 1.72. The van der Waals surface area contributed by atoms with Crippen molar-refractivity contribution in [2.24, 2.45) is 5.10 Å². The maximum Gasteiger partial charge on any atom is 0.282 e. The molecule has 3 aromatic carbocycles. The van der Waals surface area contributed by atoms with Crippen LogP contribution in [0.2, 0.25) is 0 Å². The Morgan fingerprint density at radius 2 is 1.73 bits per heavy atom. The number of aromatic hydroxyl groups is 1. The first-order valence-electron chi connectivity index (χ1n) is 7.99. The van der Waals surface area contributed by atoms with E-state index >= 15 is 0 Å². The van der Waals surface area contributed by atoms with Gasteiger partial charge in [0, 0.05) is 15.4 Å². The van der Waals surface area contributed by atoms with Gasteiger partial charge in [0.15, 0.2) is 0 Å². The van der Waals surface area contributed by atoms with Gasteiger partial charge in [0.2, 0.25) is 0 Å². The van der Waals surface area contributed by atoms with E-state index in [2.05, 4.69) is 26.0 Å². The Bertz CT molecular complexity index is 1250. The van der Waals surface area contributed by atoms with Gasteiger partial charge in [0.1, 0.15) is 11.6 Å². The minimum Gasteiger partial charge on any atom is -0.507 e. The van der Waals surface area contributed by atoms with Gasteiger partial charge in [-0.3, -0.25) is 4.79 Å². The fourth-order valence-corrected chi connectivity index (χ4v) is 3.52. The van der Waals surface area contributed by atoms with E-state index in [1.54, 1.807) is 31.2 Å². The van der Waals surface area contributed by atoms with Gasteiger partial charge >= 0.3 is 0 Å². The van der Waals surface area contributed by atoms with Gasteiger partial charge in [0.25, 0.3) is 5.56 Å². The molecule has 0 radical (unpaired) electrons. The zero-order valence-electron chi connectivity index (χ0n) is 13.8. The van der Waals surface area contributed by atoms with E-state index in [1.165, 1.54) is 10.9 Å². The molecule has 0 atom stereocenters. The van der Waals surface area contributed by atoms with E-state index in [1.807, 2.05) is 30.3 Å². The molecule has 4 rings (SSSR count). The normalized spacial score (nSPS) is 11.6. The molecule has 5 nitrogen and oxygen atoms in total. The lowest BCUT2D eigenvalue weighted by atomic mass is 10.1. The number of hydrogen-bond acceptors (Lipinski definition) is 4. The first-order chi connectivity index (χ1) is 12.6. The number of fused-ring (bicyclic) bond motifs is 2. The molecule has 0 fully saturated rings. The SMILES string of the molecule is Cc1nc2ccccc2c(=O)n1/N=C\c1cc(Br)c2ccccc2c1O. The molecule has 1 heterocycles. The molecule has 26 heavy (non-hydrogen) atoms. The first-order valence-corrected chi connectivity index (χ1v) is 8.78. The lowest BCUT2D eigenvalue weighted by molar-refractivity contribution is 0.480. The van der Waals surface area contributed by atoms with Crippen molar-refractivity contribution in [3.8, 4) is 5.75 Å². The molecule has 0 aliphatic heterocycles. The smallest absolute Gasteiger partial charge is 0.282 e. The highest BCUT2D eigenvalue weighted by molar-refractivity contribution is 9.10. The molecule has 0 amide bonds. The molecule has 4 aromatic rings. The number of phenols is 1. The quantitative estimate of drug-likeness (QED) is 0.506. The molecule has 0 aliphatic carbocycles. The van der Waals surface area contributed by atoms with Crippen molar-refractivity contribution in [2.75, 3.05) is 0 Å². The largest absolute Gasteiger partial charge is 0.507 e. The lowest BCUT2D eigenvalue weighted by Gasteiger charge is -2.08. The van der Waals surface area contributed by atoms with E-state index < -0.39 is 0 Å². The molecule has 0 saturated heterocycles. The third-order valence-corrected chi connectivity index (χ3v) is 4.88. The summed E-state index contributed by atoms with van der Waals surface area (Å²) in [5.74, 6) is 0.594. The molecule has 128 valence electrons. The van der Waals surface area contributed by atoms with Crippen LogP contribution in [0.1, 0.15) is 11.4 Å².